The van der Waals surface area contributed by atoms with Crippen LogP contribution in [-0.4, -0.2) is 15.7 Å². The van der Waals surface area contributed by atoms with Crippen molar-refractivity contribution in [2.45, 2.75) is 26.6 Å². The summed E-state index contributed by atoms with van der Waals surface area (Å²) in [6.45, 7) is 3.43. The van der Waals surface area contributed by atoms with Gasteiger partial charge in [0.05, 0.1) is 16.6 Å². The van der Waals surface area contributed by atoms with E-state index in [1.165, 1.54) is 12.1 Å². The third-order valence-electron chi connectivity index (χ3n) is 5.28. The van der Waals surface area contributed by atoms with E-state index in [9.17, 15) is 22.8 Å². The summed E-state index contributed by atoms with van der Waals surface area (Å²) < 4.78 is 39.9. The number of hydrogen-bond donors (Lipinski definition) is 1. The molecule has 4 aromatic rings. The third kappa shape index (κ3) is 4.64. The van der Waals surface area contributed by atoms with Crippen LogP contribution in [0.3, 0.4) is 0 Å². The Morgan fingerprint density at radius 3 is 2.42 bits per heavy atom. The van der Waals surface area contributed by atoms with Gasteiger partial charge in [0.25, 0.3) is 5.56 Å². The van der Waals surface area contributed by atoms with Gasteiger partial charge in [-0.3, -0.25) is 9.59 Å². The number of nitrogens with zero attached hydrogens (tertiary/aromatic N) is 2. The van der Waals surface area contributed by atoms with E-state index in [0.717, 1.165) is 33.5 Å². The Balaban J connectivity index is 1.73. The van der Waals surface area contributed by atoms with Crippen molar-refractivity contribution in [3.05, 3.63) is 93.8 Å². The highest BCUT2D eigenvalue weighted by Gasteiger charge is 2.30. The molecule has 0 saturated heterocycles. The molecule has 0 saturated carbocycles. The van der Waals surface area contributed by atoms with Crippen molar-refractivity contribution >= 4 is 22.4 Å². The van der Waals surface area contributed by atoms with E-state index in [2.05, 4.69) is 10.4 Å². The van der Waals surface area contributed by atoms with Crippen molar-refractivity contribution < 1.29 is 18.0 Å². The summed E-state index contributed by atoms with van der Waals surface area (Å²) in [5.41, 5.74) is 2.01. The Bertz CT molecular complexity index is 1420. The first-order valence-electron chi connectivity index (χ1n) is 10.2. The van der Waals surface area contributed by atoms with Crippen LogP contribution in [0.1, 0.15) is 16.7 Å². The third-order valence-corrected chi connectivity index (χ3v) is 5.28. The molecule has 1 heterocycles. The summed E-state index contributed by atoms with van der Waals surface area (Å²) in [7, 11) is 0. The van der Waals surface area contributed by atoms with Crippen LogP contribution in [-0.2, 0) is 17.5 Å². The van der Waals surface area contributed by atoms with Gasteiger partial charge < -0.3 is 5.32 Å². The second kappa shape index (κ2) is 8.54. The fourth-order valence-electron chi connectivity index (χ4n) is 3.64. The number of carbonyl (C=O) groups excluding carboxylic acids is 1. The lowest BCUT2D eigenvalue weighted by molar-refractivity contribution is -0.137. The van der Waals surface area contributed by atoms with Crippen molar-refractivity contribution in [2.24, 2.45) is 0 Å². The maximum absolute atomic E-state index is 13.0. The molecule has 0 bridgehead atoms. The number of nitrogens with one attached hydrogen (secondary N) is 1. The number of anilines is 1. The molecule has 1 N–H and O–H groups in total. The van der Waals surface area contributed by atoms with Crippen LogP contribution < -0.4 is 10.9 Å². The highest BCUT2D eigenvalue weighted by Crippen LogP contribution is 2.31. The van der Waals surface area contributed by atoms with Gasteiger partial charge in [0.1, 0.15) is 6.54 Å². The quantitative estimate of drug-likeness (QED) is 0.456. The number of halogens is 3. The van der Waals surface area contributed by atoms with Gasteiger partial charge in [0, 0.05) is 16.6 Å². The summed E-state index contributed by atoms with van der Waals surface area (Å²) in [5, 5.41) is 7.95. The second-order valence-corrected chi connectivity index (χ2v) is 7.80. The maximum atomic E-state index is 13.0. The van der Waals surface area contributed by atoms with Crippen LogP contribution in [0.25, 0.3) is 22.0 Å². The van der Waals surface area contributed by atoms with Gasteiger partial charge in [-0.25, -0.2) is 4.68 Å². The Morgan fingerprint density at radius 2 is 1.70 bits per heavy atom. The Labute approximate surface area is 187 Å². The average molecular weight is 451 g/mol. The van der Waals surface area contributed by atoms with E-state index in [0.29, 0.717) is 16.5 Å². The van der Waals surface area contributed by atoms with Gasteiger partial charge in [0.2, 0.25) is 5.91 Å². The fraction of sp³-hybridized carbons (Fsp3) is 0.160. The minimum atomic E-state index is -4.53. The summed E-state index contributed by atoms with van der Waals surface area (Å²) in [6.07, 6.45) is -4.53. The molecular formula is C25H20F3N3O2. The summed E-state index contributed by atoms with van der Waals surface area (Å²) in [4.78, 5) is 25.6. The molecule has 0 aliphatic carbocycles. The maximum Gasteiger partial charge on any atom is 0.416 e. The van der Waals surface area contributed by atoms with Gasteiger partial charge in [-0.05, 0) is 49.7 Å². The fourth-order valence-corrected chi connectivity index (χ4v) is 3.64. The van der Waals surface area contributed by atoms with E-state index in [-0.39, 0.29) is 5.69 Å². The van der Waals surface area contributed by atoms with E-state index < -0.39 is 29.8 Å². The number of aryl methyl sites for hydroxylation is 2. The van der Waals surface area contributed by atoms with Crippen LogP contribution in [0.2, 0.25) is 0 Å². The van der Waals surface area contributed by atoms with Crippen LogP contribution in [0.5, 0.6) is 0 Å². The van der Waals surface area contributed by atoms with Gasteiger partial charge in [0.15, 0.2) is 0 Å². The minimum Gasteiger partial charge on any atom is -0.324 e. The number of aromatic nitrogens is 2. The van der Waals surface area contributed by atoms with Crippen molar-refractivity contribution in [1.82, 2.24) is 9.78 Å². The summed E-state index contributed by atoms with van der Waals surface area (Å²) >= 11 is 0. The molecule has 0 aliphatic rings. The molecule has 4 rings (SSSR count). The molecule has 0 fully saturated rings. The number of fused-ring (bicyclic) bond motifs is 1. The topological polar surface area (TPSA) is 64.0 Å². The minimum absolute atomic E-state index is 0.0154. The molecule has 5 nitrogen and oxygen atoms in total. The van der Waals surface area contributed by atoms with Crippen molar-refractivity contribution in [1.29, 1.82) is 0 Å². The molecule has 1 amide bonds. The summed E-state index contributed by atoms with van der Waals surface area (Å²) in [5.74, 6) is -0.661. The lowest BCUT2D eigenvalue weighted by Gasteiger charge is -2.14. The molecule has 1 aromatic heterocycles. The number of hydrogen-bond acceptors (Lipinski definition) is 3. The largest absolute Gasteiger partial charge is 0.416 e. The van der Waals surface area contributed by atoms with Gasteiger partial charge in [-0.15, -0.1) is 0 Å². The molecule has 8 heteroatoms. The zero-order chi connectivity index (χ0) is 23.8. The lowest BCUT2D eigenvalue weighted by atomic mass is 9.99. The highest BCUT2D eigenvalue weighted by atomic mass is 19.4. The average Bonchev–Trinajstić information content (AvgIpc) is 2.77. The van der Waals surface area contributed by atoms with Crippen molar-refractivity contribution in [3.8, 4) is 11.3 Å². The van der Waals surface area contributed by atoms with Gasteiger partial charge in [-0.1, -0.05) is 42.0 Å². The Morgan fingerprint density at radius 1 is 0.970 bits per heavy atom. The predicted octanol–water partition coefficient (Wildman–Crippen LogP) is 5.34. The molecule has 0 atom stereocenters. The highest BCUT2D eigenvalue weighted by molar-refractivity contribution is 5.95. The van der Waals surface area contributed by atoms with Crippen molar-refractivity contribution in [2.75, 3.05) is 5.32 Å². The smallest absolute Gasteiger partial charge is 0.324 e. The summed E-state index contributed by atoms with van der Waals surface area (Å²) in [6, 6.07) is 17.2. The van der Waals surface area contributed by atoms with Crippen LogP contribution in [0.15, 0.2) is 71.5 Å². The monoisotopic (exact) mass is 451 g/mol. The van der Waals surface area contributed by atoms with Gasteiger partial charge >= 0.3 is 6.18 Å². The lowest BCUT2D eigenvalue weighted by Crippen LogP contribution is -2.30. The Kier molecular flexibility index (Phi) is 5.76. The molecule has 0 unspecified atom stereocenters. The zero-order valence-electron chi connectivity index (χ0n) is 17.9. The number of alkyl halides is 3. The van der Waals surface area contributed by atoms with Gasteiger partial charge in [-0.2, -0.15) is 18.3 Å². The van der Waals surface area contributed by atoms with Crippen LogP contribution in [0, 0.1) is 13.8 Å². The molecule has 0 radical (unpaired) electrons. The number of rotatable bonds is 4. The molecular weight excluding hydrogens is 431 g/mol. The molecule has 3 aromatic carbocycles. The molecule has 168 valence electrons. The zero-order valence-corrected chi connectivity index (χ0v) is 17.9. The van der Waals surface area contributed by atoms with Crippen LogP contribution in [0.4, 0.5) is 18.9 Å². The molecule has 0 aliphatic heterocycles. The standard InChI is InChI=1S/C25H20F3N3O2/c1-15-10-11-16(2)21(12-15)23-19-8-3-4-9-20(19)24(33)31(30-23)14-22(32)29-18-7-5-6-17(13-18)25(26,27)28/h3-13H,14H2,1-2H3,(H,29,32). The Hall–Kier alpha value is -3.94. The van der Waals surface area contributed by atoms with E-state index >= 15 is 0 Å². The second-order valence-electron chi connectivity index (χ2n) is 7.80. The molecule has 33 heavy (non-hydrogen) atoms. The van der Waals surface area contributed by atoms with Crippen molar-refractivity contribution in [3.63, 3.8) is 0 Å². The number of benzene rings is 3. The first kappa shape index (κ1) is 22.3. The first-order valence-corrected chi connectivity index (χ1v) is 10.2. The number of amides is 1. The normalized spacial score (nSPS) is 11.5. The first-order chi connectivity index (χ1) is 15.6. The van der Waals surface area contributed by atoms with Crippen LogP contribution >= 0.6 is 0 Å². The number of carbonyl (C=O) groups is 1. The SMILES string of the molecule is Cc1ccc(C)c(-c2nn(CC(=O)Nc3cccc(C(F)(F)F)c3)c(=O)c3ccccc23)c1. The predicted molar refractivity (Wildman–Crippen MR) is 121 cm³/mol. The van der Waals surface area contributed by atoms with E-state index in [1.807, 2.05) is 38.1 Å². The van der Waals surface area contributed by atoms with E-state index in [4.69, 9.17) is 0 Å². The molecule has 0 spiro atoms. The van der Waals surface area contributed by atoms with E-state index in [1.54, 1.807) is 18.2 Å².